The number of aromatic nitrogens is 2. The van der Waals surface area contributed by atoms with E-state index >= 15 is 0 Å². The Hall–Kier alpha value is -1.31. The first kappa shape index (κ1) is 13.1. The first-order chi connectivity index (χ1) is 8.38. The summed E-state index contributed by atoms with van der Waals surface area (Å²) in [6.07, 6.45) is -3.57. The van der Waals surface area contributed by atoms with Gasteiger partial charge in [-0.3, -0.25) is 0 Å². The summed E-state index contributed by atoms with van der Waals surface area (Å²) in [5, 5.41) is 7.45. The Morgan fingerprint density at radius 2 is 2.17 bits per heavy atom. The van der Waals surface area contributed by atoms with Gasteiger partial charge in [-0.1, -0.05) is 5.10 Å². The molecule has 0 saturated carbocycles. The van der Waals surface area contributed by atoms with Crippen LogP contribution in [0.2, 0.25) is 0 Å². The van der Waals surface area contributed by atoms with Crippen LogP contribution < -0.4 is 10.6 Å². The van der Waals surface area contributed by atoms with E-state index in [1.54, 1.807) is 6.92 Å². The summed E-state index contributed by atoms with van der Waals surface area (Å²) in [7, 11) is 0. The normalized spacial score (nSPS) is 23.2. The third kappa shape index (κ3) is 2.74. The summed E-state index contributed by atoms with van der Waals surface area (Å²) in [5.41, 5.74) is 5.56. The number of nitrogens with two attached hydrogens (primary N) is 1. The van der Waals surface area contributed by atoms with E-state index in [4.69, 9.17) is 10.2 Å². The maximum atomic E-state index is 12.7. The summed E-state index contributed by atoms with van der Waals surface area (Å²) in [4.78, 5) is 1.47. The Kier molecular flexibility index (Phi) is 3.47. The molecule has 18 heavy (non-hydrogen) atoms. The van der Waals surface area contributed by atoms with Gasteiger partial charge in [-0.05, 0) is 19.8 Å². The Balaban J connectivity index is 2.08. The van der Waals surface area contributed by atoms with Crippen LogP contribution in [0.3, 0.4) is 0 Å². The number of nitrogens with zero attached hydrogens (tertiary/aromatic N) is 3. The van der Waals surface area contributed by atoms with Crippen molar-refractivity contribution in [1.82, 2.24) is 10.2 Å². The van der Waals surface area contributed by atoms with Crippen molar-refractivity contribution in [2.24, 2.45) is 11.7 Å². The van der Waals surface area contributed by atoms with E-state index in [1.807, 2.05) is 0 Å². The molecule has 102 valence electrons. The minimum absolute atomic E-state index is 0.122. The Bertz CT molecular complexity index is 404. The highest BCUT2D eigenvalue weighted by Crippen LogP contribution is 2.34. The van der Waals surface area contributed by atoms with E-state index in [2.05, 4.69) is 10.2 Å². The van der Waals surface area contributed by atoms with Crippen molar-refractivity contribution >= 4 is 6.01 Å². The highest BCUT2D eigenvalue weighted by molar-refractivity contribution is 5.25. The van der Waals surface area contributed by atoms with E-state index in [0.717, 1.165) is 0 Å². The Morgan fingerprint density at radius 1 is 1.44 bits per heavy atom. The van der Waals surface area contributed by atoms with Gasteiger partial charge in [0, 0.05) is 13.1 Å². The third-order valence-corrected chi connectivity index (χ3v) is 2.97. The van der Waals surface area contributed by atoms with Crippen molar-refractivity contribution in [3.63, 3.8) is 0 Å². The highest BCUT2D eigenvalue weighted by Gasteiger charge is 2.42. The molecule has 0 amide bonds. The van der Waals surface area contributed by atoms with Crippen molar-refractivity contribution in [2.45, 2.75) is 32.0 Å². The van der Waals surface area contributed by atoms with Gasteiger partial charge < -0.3 is 15.1 Å². The molecule has 5 nitrogen and oxygen atoms in total. The van der Waals surface area contributed by atoms with Gasteiger partial charge in [0.05, 0.1) is 12.0 Å². The largest absolute Gasteiger partial charge is 0.406 e. The number of anilines is 1. The van der Waals surface area contributed by atoms with Crippen LogP contribution >= 0.6 is 0 Å². The van der Waals surface area contributed by atoms with Gasteiger partial charge in [-0.15, -0.1) is 5.10 Å². The van der Waals surface area contributed by atoms with Gasteiger partial charge in [0.25, 0.3) is 0 Å². The second-order valence-electron chi connectivity index (χ2n) is 4.54. The quantitative estimate of drug-likeness (QED) is 0.883. The average Bonchev–Trinajstić information content (AvgIpc) is 2.77. The lowest BCUT2D eigenvalue weighted by Gasteiger charge is -2.32. The lowest BCUT2D eigenvalue weighted by molar-refractivity contribution is -0.176. The summed E-state index contributed by atoms with van der Waals surface area (Å²) in [6.45, 7) is 2.03. The molecule has 2 rings (SSSR count). The molecule has 2 atom stereocenters. The molecule has 1 aliphatic rings. The fourth-order valence-corrected chi connectivity index (χ4v) is 1.96. The van der Waals surface area contributed by atoms with Crippen molar-refractivity contribution in [3.8, 4) is 0 Å². The number of rotatable bonds is 2. The van der Waals surface area contributed by atoms with Crippen molar-refractivity contribution in [2.75, 3.05) is 18.0 Å². The zero-order valence-electron chi connectivity index (χ0n) is 9.94. The minimum Gasteiger partial charge on any atom is -0.406 e. The van der Waals surface area contributed by atoms with Gasteiger partial charge in [-0.25, -0.2) is 0 Å². The maximum absolute atomic E-state index is 12.7. The molecule has 8 heteroatoms. The zero-order valence-corrected chi connectivity index (χ0v) is 9.94. The van der Waals surface area contributed by atoms with Crippen molar-refractivity contribution in [1.29, 1.82) is 0 Å². The first-order valence-corrected chi connectivity index (χ1v) is 5.78. The standard InChI is InChI=1S/C10H15F3N4O/c1-6(14)8-15-16-9(18-8)17-4-2-3-7(5-17)10(11,12)13/h6-7H,2-5,14H2,1H3. The molecule has 0 aliphatic carbocycles. The monoisotopic (exact) mass is 264 g/mol. The van der Waals surface area contributed by atoms with Crippen LogP contribution in [-0.4, -0.2) is 29.5 Å². The van der Waals surface area contributed by atoms with Gasteiger partial charge in [0.15, 0.2) is 0 Å². The molecule has 0 aromatic carbocycles. The molecule has 1 aliphatic heterocycles. The van der Waals surface area contributed by atoms with Crippen molar-refractivity contribution in [3.05, 3.63) is 5.89 Å². The Labute approximate surface area is 102 Å². The number of piperidine rings is 1. The van der Waals surface area contributed by atoms with Crippen LogP contribution in [0.25, 0.3) is 0 Å². The van der Waals surface area contributed by atoms with Crippen LogP contribution in [-0.2, 0) is 0 Å². The molecular formula is C10H15F3N4O. The summed E-state index contributed by atoms with van der Waals surface area (Å²) >= 11 is 0. The summed E-state index contributed by atoms with van der Waals surface area (Å²) in [6, 6.07) is -0.300. The highest BCUT2D eigenvalue weighted by atomic mass is 19.4. The van der Waals surface area contributed by atoms with E-state index in [9.17, 15) is 13.2 Å². The lowest BCUT2D eigenvalue weighted by Crippen LogP contribution is -2.41. The second kappa shape index (κ2) is 4.75. The SMILES string of the molecule is CC(N)c1nnc(N2CCCC(C(F)(F)F)C2)o1. The molecule has 1 aromatic heterocycles. The van der Waals surface area contributed by atoms with E-state index < -0.39 is 18.1 Å². The molecular weight excluding hydrogens is 249 g/mol. The van der Waals surface area contributed by atoms with Crippen LogP contribution in [0, 0.1) is 5.92 Å². The van der Waals surface area contributed by atoms with Gasteiger partial charge in [0.2, 0.25) is 5.89 Å². The van der Waals surface area contributed by atoms with Gasteiger partial charge >= 0.3 is 12.2 Å². The van der Waals surface area contributed by atoms with Crippen LogP contribution in [0.4, 0.5) is 19.2 Å². The zero-order chi connectivity index (χ0) is 13.3. The lowest BCUT2D eigenvalue weighted by atomic mass is 9.98. The predicted molar refractivity (Wildman–Crippen MR) is 57.9 cm³/mol. The van der Waals surface area contributed by atoms with Crippen LogP contribution in [0.5, 0.6) is 0 Å². The van der Waals surface area contributed by atoms with Gasteiger partial charge in [-0.2, -0.15) is 13.2 Å². The molecule has 1 saturated heterocycles. The maximum Gasteiger partial charge on any atom is 0.393 e. The Morgan fingerprint density at radius 3 is 2.72 bits per heavy atom. The van der Waals surface area contributed by atoms with Crippen LogP contribution in [0.1, 0.15) is 31.7 Å². The number of halogens is 3. The number of hydrogen-bond acceptors (Lipinski definition) is 5. The van der Waals surface area contributed by atoms with Gasteiger partial charge in [0.1, 0.15) is 0 Å². The smallest absolute Gasteiger partial charge is 0.393 e. The summed E-state index contributed by atoms with van der Waals surface area (Å²) < 4.78 is 43.2. The molecule has 2 unspecified atom stereocenters. The summed E-state index contributed by atoms with van der Waals surface area (Å²) in [5.74, 6) is -1.10. The number of alkyl halides is 3. The van der Waals surface area contributed by atoms with Crippen molar-refractivity contribution < 1.29 is 17.6 Å². The fourth-order valence-electron chi connectivity index (χ4n) is 1.96. The van der Waals surface area contributed by atoms with E-state index in [-0.39, 0.29) is 24.9 Å². The fraction of sp³-hybridized carbons (Fsp3) is 0.800. The second-order valence-corrected chi connectivity index (χ2v) is 4.54. The van der Waals surface area contributed by atoms with E-state index in [1.165, 1.54) is 4.90 Å². The molecule has 2 N–H and O–H groups in total. The predicted octanol–water partition coefficient (Wildman–Crippen LogP) is 1.87. The molecule has 2 heterocycles. The average molecular weight is 264 g/mol. The topological polar surface area (TPSA) is 68.2 Å². The van der Waals surface area contributed by atoms with E-state index in [0.29, 0.717) is 13.0 Å². The molecule has 0 bridgehead atoms. The third-order valence-electron chi connectivity index (χ3n) is 2.97. The molecule has 0 spiro atoms. The molecule has 1 fully saturated rings. The molecule has 1 aromatic rings. The first-order valence-electron chi connectivity index (χ1n) is 5.78. The molecule has 0 radical (unpaired) electrons. The van der Waals surface area contributed by atoms with Crippen LogP contribution in [0.15, 0.2) is 4.42 Å². The number of hydrogen-bond donors (Lipinski definition) is 1. The minimum atomic E-state index is -4.18.